The van der Waals surface area contributed by atoms with E-state index < -0.39 is 0 Å². The van der Waals surface area contributed by atoms with Gasteiger partial charge in [-0.15, -0.1) is 0 Å². The molecule has 1 aliphatic rings. The third-order valence-electron chi connectivity index (χ3n) is 4.74. The second-order valence-electron chi connectivity index (χ2n) is 6.78. The molecule has 0 amide bonds. The summed E-state index contributed by atoms with van der Waals surface area (Å²) in [4.78, 5) is 0. The molecule has 0 heterocycles. The maximum absolute atomic E-state index is 2.53. The first-order chi connectivity index (χ1) is 7.56. The summed E-state index contributed by atoms with van der Waals surface area (Å²) in [6.45, 7) is 9.68. The normalized spacial score (nSPS) is 32.6. The van der Waals surface area contributed by atoms with E-state index in [1.165, 1.54) is 57.8 Å². The highest BCUT2D eigenvalue weighted by Gasteiger charge is 2.28. The van der Waals surface area contributed by atoms with Crippen LogP contribution in [-0.4, -0.2) is 0 Å². The summed E-state index contributed by atoms with van der Waals surface area (Å²) in [6.07, 6.45) is 13.1. The van der Waals surface area contributed by atoms with Crippen LogP contribution in [0.3, 0.4) is 0 Å². The molecule has 96 valence electrons. The summed E-state index contributed by atoms with van der Waals surface area (Å²) in [5, 5.41) is 0. The van der Waals surface area contributed by atoms with Crippen LogP contribution >= 0.6 is 0 Å². The van der Waals surface area contributed by atoms with Crippen molar-refractivity contribution in [2.75, 3.05) is 0 Å². The van der Waals surface area contributed by atoms with Crippen LogP contribution in [0.4, 0.5) is 0 Å². The second-order valence-corrected chi connectivity index (χ2v) is 6.78. The maximum atomic E-state index is 2.53. The van der Waals surface area contributed by atoms with E-state index in [4.69, 9.17) is 0 Å². The van der Waals surface area contributed by atoms with Gasteiger partial charge in [-0.3, -0.25) is 0 Å². The lowest BCUT2D eigenvalue weighted by Crippen LogP contribution is -2.23. The van der Waals surface area contributed by atoms with Crippen LogP contribution in [0.5, 0.6) is 0 Å². The molecule has 16 heavy (non-hydrogen) atoms. The Balaban J connectivity index is 2.16. The molecule has 1 rings (SSSR count). The Morgan fingerprint density at radius 2 is 1.81 bits per heavy atom. The molecule has 0 nitrogen and oxygen atoms in total. The van der Waals surface area contributed by atoms with Gasteiger partial charge in [-0.25, -0.2) is 0 Å². The predicted octanol–water partition coefficient (Wildman–Crippen LogP) is 5.81. The molecule has 0 spiro atoms. The lowest BCUT2D eigenvalue weighted by Gasteiger charge is -2.36. The zero-order valence-corrected chi connectivity index (χ0v) is 12.0. The van der Waals surface area contributed by atoms with Crippen LogP contribution in [0.2, 0.25) is 0 Å². The van der Waals surface area contributed by atoms with Crippen molar-refractivity contribution in [1.82, 2.24) is 0 Å². The van der Waals surface area contributed by atoms with E-state index in [-0.39, 0.29) is 0 Å². The first kappa shape index (κ1) is 14.1. The van der Waals surface area contributed by atoms with Gasteiger partial charge >= 0.3 is 0 Å². The Kier molecular flexibility index (Phi) is 5.86. The highest BCUT2D eigenvalue weighted by molar-refractivity contribution is 4.80. The minimum atomic E-state index is 0.693. The van der Waals surface area contributed by atoms with Gasteiger partial charge in [-0.1, -0.05) is 66.2 Å². The largest absolute Gasteiger partial charge is 0.0654 e. The van der Waals surface area contributed by atoms with Gasteiger partial charge in [0, 0.05) is 0 Å². The molecule has 0 aromatic heterocycles. The first-order valence-electron chi connectivity index (χ1n) is 7.56. The lowest BCUT2D eigenvalue weighted by atomic mass is 9.69. The van der Waals surface area contributed by atoms with Crippen molar-refractivity contribution in [1.29, 1.82) is 0 Å². The Labute approximate surface area is 103 Å². The first-order valence-corrected chi connectivity index (χ1v) is 7.56. The second kappa shape index (κ2) is 6.67. The average molecular weight is 224 g/mol. The highest BCUT2D eigenvalue weighted by Crippen LogP contribution is 2.42. The molecule has 1 fully saturated rings. The monoisotopic (exact) mass is 224 g/mol. The highest BCUT2D eigenvalue weighted by atomic mass is 14.3. The van der Waals surface area contributed by atoms with Gasteiger partial charge in [0.2, 0.25) is 0 Å². The zero-order valence-electron chi connectivity index (χ0n) is 12.0. The standard InChI is InChI=1S/C16H32/c1-5-7-14(2)8-6-11-16(4)12-9-15(3)10-13-16/h14-15H,5-13H2,1-4H3. The van der Waals surface area contributed by atoms with E-state index in [2.05, 4.69) is 27.7 Å². The van der Waals surface area contributed by atoms with Gasteiger partial charge in [0.15, 0.2) is 0 Å². The Bertz CT molecular complexity index is 174. The van der Waals surface area contributed by atoms with E-state index in [9.17, 15) is 0 Å². The molecule has 0 aromatic rings. The molecule has 1 aliphatic carbocycles. The summed E-state index contributed by atoms with van der Waals surface area (Å²) in [5.41, 5.74) is 0.693. The van der Waals surface area contributed by atoms with Gasteiger partial charge in [0.25, 0.3) is 0 Å². The lowest BCUT2D eigenvalue weighted by molar-refractivity contribution is 0.157. The van der Waals surface area contributed by atoms with Crippen LogP contribution in [0.15, 0.2) is 0 Å². The third kappa shape index (κ3) is 4.89. The third-order valence-corrected chi connectivity index (χ3v) is 4.74. The summed E-state index contributed by atoms with van der Waals surface area (Å²) < 4.78 is 0. The van der Waals surface area contributed by atoms with Gasteiger partial charge in [-0.05, 0) is 36.5 Å². The molecule has 0 radical (unpaired) electrons. The molecule has 0 heteroatoms. The molecule has 0 bridgehead atoms. The maximum Gasteiger partial charge on any atom is -0.0326 e. The van der Waals surface area contributed by atoms with E-state index in [1.54, 1.807) is 0 Å². The Morgan fingerprint density at radius 1 is 1.19 bits per heavy atom. The fourth-order valence-electron chi connectivity index (χ4n) is 3.22. The minimum Gasteiger partial charge on any atom is -0.0654 e. The quantitative estimate of drug-likeness (QED) is 0.534. The van der Waals surface area contributed by atoms with Gasteiger partial charge < -0.3 is 0 Å². The van der Waals surface area contributed by atoms with Crippen LogP contribution in [0, 0.1) is 17.3 Å². The van der Waals surface area contributed by atoms with Crippen molar-refractivity contribution in [2.24, 2.45) is 17.3 Å². The predicted molar refractivity (Wildman–Crippen MR) is 73.7 cm³/mol. The van der Waals surface area contributed by atoms with Crippen molar-refractivity contribution >= 4 is 0 Å². The summed E-state index contributed by atoms with van der Waals surface area (Å²) in [6, 6.07) is 0. The molecule has 0 aromatic carbocycles. The number of hydrogen-bond donors (Lipinski definition) is 0. The molecule has 1 atom stereocenters. The zero-order chi connectivity index (χ0) is 12.0. The van der Waals surface area contributed by atoms with Gasteiger partial charge in [-0.2, -0.15) is 0 Å². The van der Waals surface area contributed by atoms with E-state index in [1.807, 2.05) is 0 Å². The smallest absolute Gasteiger partial charge is 0.0326 e. The van der Waals surface area contributed by atoms with Crippen molar-refractivity contribution < 1.29 is 0 Å². The molecule has 0 N–H and O–H groups in total. The van der Waals surface area contributed by atoms with E-state index >= 15 is 0 Å². The van der Waals surface area contributed by atoms with Crippen LogP contribution in [0.25, 0.3) is 0 Å². The SMILES string of the molecule is CCCC(C)CCCC1(C)CCC(C)CC1. The van der Waals surface area contributed by atoms with Crippen molar-refractivity contribution in [3.8, 4) is 0 Å². The number of rotatable bonds is 6. The summed E-state index contributed by atoms with van der Waals surface area (Å²) in [5.74, 6) is 1.95. The van der Waals surface area contributed by atoms with Crippen LogP contribution in [-0.2, 0) is 0 Å². The minimum absolute atomic E-state index is 0.693. The van der Waals surface area contributed by atoms with Gasteiger partial charge in [0.05, 0.1) is 0 Å². The number of hydrogen-bond acceptors (Lipinski definition) is 0. The van der Waals surface area contributed by atoms with Crippen molar-refractivity contribution in [3.05, 3.63) is 0 Å². The Morgan fingerprint density at radius 3 is 2.38 bits per heavy atom. The molecule has 0 saturated heterocycles. The topological polar surface area (TPSA) is 0 Å². The molecule has 1 unspecified atom stereocenters. The van der Waals surface area contributed by atoms with Crippen molar-refractivity contribution in [2.45, 2.75) is 85.5 Å². The molecular weight excluding hydrogens is 192 g/mol. The fourth-order valence-corrected chi connectivity index (χ4v) is 3.22. The molecular formula is C16H32. The molecule has 1 saturated carbocycles. The van der Waals surface area contributed by atoms with Crippen LogP contribution in [0.1, 0.15) is 85.5 Å². The molecule has 0 aliphatic heterocycles. The average Bonchev–Trinajstić information content (AvgIpc) is 2.23. The van der Waals surface area contributed by atoms with E-state index in [0.717, 1.165) is 11.8 Å². The fraction of sp³-hybridized carbons (Fsp3) is 1.00. The summed E-state index contributed by atoms with van der Waals surface area (Å²) in [7, 11) is 0. The van der Waals surface area contributed by atoms with Gasteiger partial charge in [0.1, 0.15) is 0 Å². The summed E-state index contributed by atoms with van der Waals surface area (Å²) >= 11 is 0. The Hall–Kier alpha value is 0. The van der Waals surface area contributed by atoms with Crippen LogP contribution < -0.4 is 0 Å². The van der Waals surface area contributed by atoms with E-state index in [0.29, 0.717) is 5.41 Å². The van der Waals surface area contributed by atoms with Crippen molar-refractivity contribution in [3.63, 3.8) is 0 Å².